The highest BCUT2D eigenvalue weighted by molar-refractivity contribution is 6.12. The van der Waals surface area contributed by atoms with E-state index in [-0.39, 0.29) is 5.78 Å². The monoisotopic (exact) mass is 378 g/mol. The summed E-state index contributed by atoms with van der Waals surface area (Å²) in [7, 11) is 0. The van der Waals surface area contributed by atoms with E-state index in [9.17, 15) is 4.79 Å². The molecule has 0 saturated carbocycles. The van der Waals surface area contributed by atoms with E-state index in [2.05, 4.69) is 11.1 Å². The maximum absolute atomic E-state index is 13.3. The number of carbonyl (C=O) groups excluding carboxylic acids is 1. The molecule has 5 rings (SSSR count). The molecule has 142 valence electrons. The maximum Gasteiger partial charge on any atom is 0.195 e. The number of H-pyrrole nitrogens is 1. The largest absolute Gasteiger partial charge is 0.357 e. The number of benzene rings is 2. The van der Waals surface area contributed by atoms with Crippen LogP contribution in [0.4, 0.5) is 0 Å². The van der Waals surface area contributed by atoms with E-state index in [0.29, 0.717) is 11.1 Å². The molecule has 2 aromatic carbocycles. The standard InChI is InChI=1S/C26H22N2O/c29-26(19-11-5-2-6-12-19)21-15-16-23(18-9-3-1-4-10-18)28-25(21)24-17-20-13-7-8-14-22(20)27-24/h1-6,9-12,15-17,27H,7-8,13-14H2. The first kappa shape index (κ1) is 17.6. The van der Waals surface area contributed by atoms with Crippen LogP contribution in [0, 0.1) is 0 Å². The molecule has 0 bridgehead atoms. The summed E-state index contributed by atoms with van der Waals surface area (Å²) in [6, 6.07) is 25.6. The van der Waals surface area contributed by atoms with Gasteiger partial charge in [0, 0.05) is 16.8 Å². The lowest BCUT2D eigenvalue weighted by Gasteiger charge is -2.10. The quantitative estimate of drug-likeness (QED) is 0.453. The van der Waals surface area contributed by atoms with Crippen LogP contribution in [0.25, 0.3) is 22.6 Å². The fourth-order valence-corrected chi connectivity index (χ4v) is 4.09. The van der Waals surface area contributed by atoms with Crippen molar-refractivity contribution in [3.63, 3.8) is 0 Å². The van der Waals surface area contributed by atoms with Crippen molar-refractivity contribution in [2.75, 3.05) is 0 Å². The van der Waals surface area contributed by atoms with Gasteiger partial charge in [0.1, 0.15) is 0 Å². The molecule has 1 aliphatic carbocycles. The van der Waals surface area contributed by atoms with Gasteiger partial charge in [-0.15, -0.1) is 0 Å². The van der Waals surface area contributed by atoms with Crippen LogP contribution in [0.15, 0.2) is 78.9 Å². The van der Waals surface area contributed by atoms with Crippen LogP contribution in [0.2, 0.25) is 0 Å². The van der Waals surface area contributed by atoms with Gasteiger partial charge in [-0.05, 0) is 49.4 Å². The smallest absolute Gasteiger partial charge is 0.195 e. The summed E-state index contributed by atoms with van der Waals surface area (Å²) in [5.74, 6) is 0.000263. The van der Waals surface area contributed by atoms with E-state index in [1.165, 1.54) is 24.1 Å². The minimum absolute atomic E-state index is 0.000263. The zero-order valence-electron chi connectivity index (χ0n) is 16.2. The van der Waals surface area contributed by atoms with E-state index in [4.69, 9.17) is 4.98 Å². The first-order chi connectivity index (χ1) is 14.3. The summed E-state index contributed by atoms with van der Waals surface area (Å²) in [6.45, 7) is 0. The molecule has 1 aliphatic rings. The molecule has 0 radical (unpaired) electrons. The number of ketones is 1. The maximum atomic E-state index is 13.3. The Labute approximate surface area is 170 Å². The summed E-state index contributed by atoms with van der Waals surface area (Å²) >= 11 is 0. The molecule has 2 aromatic heterocycles. The number of aromatic amines is 1. The molecule has 3 heteroatoms. The fraction of sp³-hybridized carbons (Fsp3) is 0.154. The Hall–Kier alpha value is -3.46. The van der Waals surface area contributed by atoms with Crippen molar-refractivity contribution >= 4 is 5.78 Å². The molecule has 0 atom stereocenters. The van der Waals surface area contributed by atoms with Crippen molar-refractivity contribution in [1.29, 1.82) is 0 Å². The molecule has 1 N–H and O–H groups in total. The van der Waals surface area contributed by atoms with E-state index >= 15 is 0 Å². The minimum atomic E-state index is 0.000263. The third-order valence-electron chi connectivity index (χ3n) is 5.62. The van der Waals surface area contributed by atoms with Gasteiger partial charge in [-0.2, -0.15) is 0 Å². The zero-order chi connectivity index (χ0) is 19.6. The highest BCUT2D eigenvalue weighted by atomic mass is 16.1. The molecule has 4 aromatic rings. The zero-order valence-corrected chi connectivity index (χ0v) is 16.2. The molecule has 29 heavy (non-hydrogen) atoms. The number of nitrogens with one attached hydrogen (secondary N) is 1. The van der Waals surface area contributed by atoms with Crippen molar-refractivity contribution in [2.45, 2.75) is 25.7 Å². The molecule has 0 unspecified atom stereocenters. The number of aromatic nitrogens is 2. The molecule has 0 fully saturated rings. The van der Waals surface area contributed by atoms with Crippen molar-refractivity contribution < 1.29 is 4.79 Å². The molecule has 0 amide bonds. The molecular formula is C26H22N2O. The average molecular weight is 378 g/mol. The minimum Gasteiger partial charge on any atom is -0.357 e. The lowest BCUT2D eigenvalue weighted by atomic mass is 9.97. The van der Waals surface area contributed by atoms with Crippen molar-refractivity contribution in [3.8, 4) is 22.6 Å². The molecular weight excluding hydrogens is 356 g/mol. The number of aryl methyl sites for hydroxylation is 2. The molecule has 3 nitrogen and oxygen atoms in total. The van der Waals surface area contributed by atoms with Gasteiger partial charge in [0.2, 0.25) is 0 Å². The third-order valence-corrected chi connectivity index (χ3v) is 5.62. The predicted molar refractivity (Wildman–Crippen MR) is 116 cm³/mol. The number of hydrogen-bond acceptors (Lipinski definition) is 2. The molecule has 2 heterocycles. The van der Waals surface area contributed by atoms with Crippen molar-refractivity contribution in [2.24, 2.45) is 0 Å². The Kier molecular flexibility index (Phi) is 4.57. The lowest BCUT2D eigenvalue weighted by Crippen LogP contribution is -2.06. The second kappa shape index (κ2) is 7.51. The Morgan fingerprint density at radius 2 is 1.55 bits per heavy atom. The Morgan fingerprint density at radius 3 is 2.31 bits per heavy atom. The van der Waals surface area contributed by atoms with Crippen LogP contribution in [0.5, 0.6) is 0 Å². The van der Waals surface area contributed by atoms with Gasteiger partial charge >= 0.3 is 0 Å². The van der Waals surface area contributed by atoms with Crippen molar-refractivity contribution in [3.05, 3.63) is 101 Å². The summed E-state index contributed by atoms with van der Waals surface area (Å²) in [4.78, 5) is 21.8. The van der Waals surface area contributed by atoms with Crippen molar-refractivity contribution in [1.82, 2.24) is 9.97 Å². The number of pyridine rings is 1. The van der Waals surface area contributed by atoms with Gasteiger partial charge in [0.25, 0.3) is 0 Å². The Balaban J connectivity index is 1.66. The predicted octanol–water partition coefficient (Wildman–Crippen LogP) is 5.85. The van der Waals surface area contributed by atoms with Gasteiger partial charge in [-0.3, -0.25) is 4.79 Å². The second-order valence-electron chi connectivity index (χ2n) is 7.55. The van der Waals surface area contributed by atoms with Gasteiger partial charge < -0.3 is 4.98 Å². The summed E-state index contributed by atoms with van der Waals surface area (Å²) in [5, 5.41) is 0. The van der Waals surface area contributed by atoms with Crippen LogP contribution in [-0.2, 0) is 12.8 Å². The Bertz CT molecular complexity index is 1140. The third kappa shape index (κ3) is 3.40. The normalized spacial score (nSPS) is 13.1. The number of fused-ring (bicyclic) bond motifs is 1. The summed E-state index contributed by atoms with van der Waals surface area (Å²) < 4.78 is 0. The highest BCUT2D eigenvalue weighted by Gasteiger charge is 2.21. The van der Waals surface area contributed by atoms with E-state index in [1.54, 1.807) is 0 Å². The van der Waals surface area contributed by atoms with Gasteiger partial charge in [-0.25, -0.2) is 4.98 Å². The van der Waals surface area contributed by atoms with Crippen LogP contribution in [0.3, 0.4) is 0 Å². The van der Waals surface area contributed by atoms with Crippen LogP contribution < -0.4 is 0 Å². The Morgan fingerprint density at radius 1 is 0.828 bits per heavy atom. The number of rotatable bonds is 4. The number of nitrogens with zero attached hydrogens (tertiary/aromatic N) is 1. The molecule has 0 spiro atoms. The summed E-state index contributed by atoms with van der Waals surface area (Å²) in [5.41, 5.74) is 7.55. The van der Waals surface area contributed by atoms with Gasteiger partial charge in [-0.1, -0.05) is 60.7 Å². The lowest BCUT2D eigenvalue weighted by molar-refractivity contribution is 0.103. The van der Waals surface area contributed by atoms with Crippen LogP contribution in [-0.4, -0.2) is 15.8 Å². The molecule has 0 aliphatic heterocycles. The second-order valence-corrected chi connectivity index (χ2v) is 7.55. The van der Waals surface area contributed by atoms with Crippen LogP contribution >= 0.6 is 0 Å². The fourth-order valence-electron chi connectivity index (χ4n) is 4.09. The molecule has 0 saturated heterocycles. The van der Waals surface area contributed by atoms with Gasteiger partial charge in [0.15, 0.2) is 5.78 Å². The van der Waals surface area contributed by atoms with Crippen LogP contribution in [0.1, 0.15) is 40.0 Å². The van der Waals surface area contributed by atoms with Gasteiger partial charge in [0.05, 0.1) is 22.6 Å². The van der Waals surface area contributed by atoms with E-state index in [0.717, 1.165) is 35.5 Å². The number of carbonyl (C=O) groups is 1. The highest BCUT2D eigenvalue weighted by Crippen LogP contribution is 2.31. The van der Waals surface area contributed by atoms with E-state index < -0.39 is 0 Å². The topological polar surface area (TPSA) is 45.8 Å². The van der Waals surface area contributed by atoms with E-state index in [1.807, 2.05) is 72.8 Å². The SMILES string of the molecule is O=C(c1ccccc1)c1ccc(-c2ccccc2)nc1-c1cc2c([nH]1)CCCC2. The number of hydrogen-bond donors (Lipinski definition) is 1. The average Bonchev–Trinajstić information content (AvgIpc) is 3.24. The first-order valence-corrected chi connectivity index (χ1v) is 10.2. The first-order valence-electron chi connectivity index (χ1n) is 10.2. The summed E-state index contributed by atoms with van der Waals surface area (Å²) in [6.07, 6.45) is 4.58.